The van der Waals surface area contributed by atoms with Crippen molar-refractivity contribution in [2.24, 2.45) is 11.3 Å². The zero-order valence-electron chi connectivity index (χ0n) is 14.5. The maximum Gasteiger partial charge on any atom is 0.0334 e. The van der Waals surface area contributed by atoms with Crippen LogP contribution in [0.5, 0.6) is 0 Å². The summed E-state index contributed by atoms with van der Waals surface area (Å²) in [6.45, 7) is 15.7. The van der Waals surface area contributed by atoms with Gasteiger partial charge in [0.05, 0.1) is 0 Å². The van der Waals surface area contributed by atoms with E-state index in [2.05, 4.69) is 44.8 Å². The molecular weight excluding hydrogens is 244 g/mol. The van der Waals surface area contributed by atoms with Crippen LogP contribution in [0.2, 0.25) is 0 Å². The molecule has 0 aromatic carbocycles. The molecule has 0 aromatic rings. The summed E-state index contributed by atoms with van der Waals surface area (Å²) in [5.74, 6) is 0.797. The Labute approximate surface area is 126 Å². The predicted octanol–water partition coefficient (Wildman–Crippen LogP) is 4.06. The first-order valence-corrected chi connectivity index (χ1v) is 8.85. The lowest BCUT2D eigenvalue weighted by Gasteiger charge is -2.50. The van der Waals surface area contributed by atoms with Gasteiger partial charge in [0, 0.05) is 24.7 Å². The van der Waals surface area contributed by atoms with Gasteiger partial charge in [-0.3, -0.25) is 4.90 Å². The molecule has 2 atom stereocenters. The van der Waals surface area contributed by atoms with Crippen molar-refractivity contribution in [1.82, 2.24) is 10.2 Å². The van der Waals surface area contributed by atoms with Crippen LogP contribution in [0.1, 0.15) is 73.1 Å². The quantitative estimate of drug-likeness (QED) is 0.835. The lowest BCUT2D eigenvalue weighted by atomic mass is 9.85. The first-order valence-electron chi connectivity index (χ1n) is 8.85. The van der Waals surface area contributed by atoms with Crippen molar-refractivity contribution >= 4 is 0 Å². The standard InChI is InChI=1S/C18H36N2/c1-6-15(2)16-13-20(12-11-17(3,4)5)18(14-19-16)9-7-8-10-18/h15-16,19H,6-14H2,1-5H3. The van der Waals surface area contributed by atoms with Crippen LogP contribution in [0.25, 0.3) is 0 Å². The summed E-state index contributed by atoms with van der Waals surface area (Å²) >= 11 is 0. The normalized spacial score (nSPS) is 28.9. The molecule has 1 saturated heterocycles. The van der Waals surface area contributed by atoms with E-state index in [9.17, 15) is 0 Å². The highest BCUT2D eigenvalue weighted by Crippen LogP contribution is 2.38. The molecule has 1 spiro atoms. The zero-order valence-corrected chi connectivity index (χ0v) is 14.5. The third-order valence-corrected chi connectivity index (χ3v) is 5.78. The van der Waals surface area contributed by atoms with Crippen LogP contribution in [-0.4, -0.2) is 36.1 Å². The Morgan fingerprint density at radius 2 is 1.90 bits per heavy atom. The van der Waals surface area contributed by atoms with Gasteiger partial charge in [-0.1, -0.05) is 53.9 Å². The average molecular weight is 280 g/mol. The molecule has 2 nitrogen and oxygen atoms in total. The molecule has 0 bridgehead atoms. The minimum absolute atomic E-state index is 0.455. The Kier molecular flexibility index (Phi) is 5.18. The molecule has 1 heterocycles. The van der Waals surface area contributed by atoms with Crippen molar-refractivity contribution in [3.8, 4) is 0 Å². The van der Waals surface area contributed by atoms with Crippen molar-refractivity contribution in [3.05, 3.63) is 0 Å². The van der Waals surface area contributed by atoms with Gasteiger partial charge in [0.1, 0.15) is 0 Å². The van der Waals surface area contributed by atoms with Gasteiger partial charge < -0.3 is 5.32 Å². The minimum atomic E-state index is 0.455. The second kappa shape index (κ2) is 6.36. The molecule has 2 heteroatoms. The van der Waals surface area contributed by atoms with E-state index in [0.717, 1.165) is 5.92 Å². The van der Waals surface area contributed by atoms with Crippen molar-refractivity contribution in [1.29, 1.82) is 0 Å². The third-order valence-electron chi connectivity index (χ3n) is 5.78. The first kappa shape index (κ1) is 16.3. The van der Waals surface area contributed by atoms with Crippen molar-refractivity contribution in [3.63, 3.8) is 0 Å². The topological polar surface area (TPSA) is 15.3 Å². The van der Waals surface area contributed by atoms with Crippen LogP contribution in [0.4, 0.5) is 0 Å². The Morgan fingerprint density at radius 1 is 1.25 bits per heavy atom. The summed E-state index contributed by atoms with van der Waals surface area (Å²) in [6.07, 6.45) is 8.30. The van der Waals surface area contributed by atoms with Gasteiger partial charge in [-0.25, -0.2) is 0 Å². The van der Waals surface area contributed by atoms with E-state index < -0.39 is 0 Å². The molecule has 0 radical (unpaired) electrons. The highest BCUT2D eigenvalue weighted by Gasteiger charge is 2.44. The summed E-state index contributed by atoms with van der Waals surface area (Å²) in [4.78, 5) is 2.87. The molecule has 2 unspecified atom stereocenters. The van der Waals surface area contributed by atoms with E-state index in [-0.39, 0.29) is 0 Å². The van der Waals surface area contributed by atoms with Crippen LogP contribution in [-0.2, 0) is 0 Å². The van der Waals surface area contributed by atoms with E-state index in [1.165, 1.54) is 58.2 Å². The monoisotopic (exact) mass is 280 g/mol. The van der Waals surface area contributed by atoms with Crippen LogP contribution < -0.4 is 5.32 Å². The molecule has 1 aliphatic heterocycles. The predicted molar refractivity (Wildman–Crippen MR) is 88.1 cm³/mol. The summed E-state index contributed by atoms with van der Waals surface area (Å²) in [7, 11) is 0. The highest BCUT2D eigenvalue weighted by molar-refractivity contribution is 5.02. The fraction of sp³-hybridized carbons (Fsp3) is 1.00. The van der Waals surface area contributed by atoms with Crippen LogP contribution in [0, 0.1) is 11.3 Å². The molecule has 0 amide bonds. The molecular formula is C18H36N2. The molecule has 2 rings (SSSR count). The fourth-order valence-corrected chi connectivity index (χ4v) is 3.92. The Balaban J connectivity index is 2.03. The van der Waals surface area contributed by atoms with E-state index in [1.54, 1.807) is 0 Å². The lowest BCUT2D eigenvalue weighted by molar-refractivity contribution is 0.0230. The summed E-state index contributed by atoms with van der Waals surface area (Å²) in [5, 5.41) is 3.89. The van der Waals surface area contributed by atoms with Crippen molar-refractivity contribution in [2.45, 2.75) is 84.7 Å². The van der Waals surface area contributed by atoms with Crippen LogP contribution in [0.15, 0.2) is 0 Å². The fourth-order valence-electron chi connectivity index (χ4n) is 3.92. The Hall–Kier alpha value is -0.0800. The van der Waals surface area contributed by atoms with Crippen molar-refractivity contribution < 1.29 is 0 Å². The Morgan fingerprint density at radius 3 is 2.45 bits per heavy atom. The average Bonchev–Trinajstić information content (AvgIpc) is 2.85. The molecule has 1 saturated carbocycles. The van der Waals surface area contributed by atoms with E-state index in [1.807, 2.05) is 0 Å². The van der Waals surface area contributed by atoms with E-state index >= 15 is 0 Å². The van der Waals surface area contributed by atoms with Gasteiger partial charge in [0.15, 0.2) is 0 Å². The van der Waals surface area contributed by atoms with Crippen molar-refractivity contribution in [2.75, 3.05) is 19.6 Å². The number of hydrogen-bond donors (Lipinski definition) is 1. The van der Waals surface area contributed by atoms with Gasteiger partial charge in [-0.2, -0.15) is 0 Å². The number of rotatable bonds is 4. The van der Waals surface area contributed by atoms with Gasteiger partial charge in [0.2, 0.25) is 0 Å². The minimum Gasteiger partial charge on any atom is -0.311 e. The highest BCUT2D eigenvalue weighted by atomic mass is 15.3. The molecule has 1 N–H and O–H groups in total. The molecule has 118 valence electrons. The zero-order chi connectivity index (χ0) is 14.8. The number of piperazine rings is 1. The SMILES string of the molecule is CCC(C)C1CN(CCC(C)(C)C)C2(CCCC2)CN1. The van der Waals surface area contributed by atoms with Gasteiger partial charge in [-0.05, 0) is 37.1 Å². The molecule has 1 aliphatic carbocycles. The summed E-state index contributed by atoms with van der Waals surface area (Å²) < 4.78 is 0. The summed E-state index contributed by atoms with van der Waals surface area (Å²) in [5.41, 5.74) is 0.950. The summed E-state index contributed by atoms with van der Waals surface area (Å²) in [6, 6.07) is 0.700. The smallest absolute Gasteiger partial charge is 0.0334 e. The van der Waals surface area contributed by atoms with Crippen LogP contribution in [0.3, 0.4) is 0 Å². The molecule has 0 aromatic heterocycles. The van der Waals surface area contributed by atoms with Gasteiger partial charge in [-0.15, -0.1) is 0 Å². The van der Waals surface area contributed by atoms with Gasteiger partial charge in [0.25, 0.3) is 0 Å². The Bertz CT molecular complexity index is 299. The number of nitrogens with one attached hydrogen (secondary N) is 1. The third kappa shape index (κ3) is 3.76. The second-order valence-electron chi connectivity index (χ2n) is 8.56. The molecule has 2 fully saturated rings. The maximum atomic E-state index is 3.89. The van der Waals surface area contributed by atoms with E-state index in [4.69, 9.17) is 0 Å². The van der Waals surface area contributed by atoms with E-state index in [0.29, 0.717) is 17.0 Å². The van der Waals surface area contributed by atoms with Crippen LogP contribution >= 0.6 is 0 Å². The largest absolute Gasteiger partial charge is 0.311 e. The molecule has 2 aliphatic rings. The van der Waals surface area contributed by atoms with Gasteiger partial charge >= 0.3 is 0 Å². The maximum absolute atomic E-state index is 3.89. The first-order chi connectivity index (χ1) is 9.36. The second-order valence-corrected chi connectivity index (χ2v) is 8.56. The molecule has 20 heavy (non-hydrogen) atoms. The number of hydrogen-bond acceptors (Lipinski definition) is 2. The number of nitrogens with zero attached hydrogens (tertiary/aromatic N) is 1. The lowest BCUT2D eigenvalue weighted by Crippen LogP contribution is -2.65.